The fourth-order valence-electron chi connectivity index (χ4n) is 1.55. The summed E-state index contributed by atoms with van der Waals surface area (Å²) in [5.41, 5.74) is 0. The summed E-state index contributed by atoms with van der Waals surface area (Å²) in [6.45, 7) is 2.26. The summed E-state index contributed by atoms with van der Waals surface area (Å²) >= 11 is 7.80. The van der Waals surface area contributed by atoms with Crippen molar-refractivity contribution >= 4 is 43.8 Å². The van der Waals surface area contributed by atoms with Gasteiger partial charge in [0.05, 0.1) is 0 Å². The molecule has 0 aliphatic carbocycles. The average Bonchev–Trinajstić information content (AvgIpc) is 2.74. The fraction of sp³-hybridized carbons (Fsp3) is 0.286. The molecule has 1 aromatic heterocycles. The summed E-state index contributed by atoms with van der Waals surface area (Å²) in [4.78, 5) is 1.26. The van der Waals surface area contributed by atoms with Crippen LogP contribution in [0.3, 0.4) is 0 Å². The first-order chi connectivity index (χ1) is 8.28. The van der Waals surface area contributed by atoms with Crippen LogP contribution in [-0.2, 0) is 6.42 Å². The van der Waals surface area contributed by atoms with Gasteiger partial charge in [-0.2, -0.15) is 0 Å². The third-order valence-corrected chi connectivity index (χ3v) is 7.44. The standard InChI is InChI=1S/C14H15ClSTe/c1-2-3-7-13-8-9-14(17-13)16-12-6-4-5-11(15)10-12/h4-6,8-10H,2-3,7H2,1H3. The third-order valence-electron chi connectivity index (χ3n) is 2.43. The summed E-state index contributed by atoms with van der Waals surface area (Å²) in [6, 6.07) is 12.8. The molecule has 0 fully saturated rings. The third kappa shape index (κ3) is 4.38. The summed E-state index contributed by atoms with van der Waals surface area (Å²) < 4.78 is 3.26. The van der Waals surface area contributed by atoms with Gasteiger partial charge >= 0.3 is 123 Å². The van der Waals surface area contributed by atoms with Gasteiger partial charge in [0.2, 0.25) is 0 Å². The predicted molar refractivity (Wildman–Crippen MR) is 77.6 cm³/mol. The Balaban J connectivity index is 2.01. The predicted octanol–water partition coefficient (Wildman–Crippen LogP) is 4.89. The summed E-state index contributed by atoms with van der Waals surface area (Å²) in [5.74, 6) is 0. The molecule has 1 heterocycles. The van der Waals surface area contributed by atoms with Crippen LogP contribution < -0.4 is 0 Å². The van der Waals surface area contributed by atoms with Crippen LogP contribution in [-0.4, -0.2) is 20.4 Å². The molecule has 0 N–H and O–H groups in total. The quantitative estimate of drug-likeness (QED) is 0.668. The van der Waals surface area contributed by atoms with Gasteiger partial charge < -0.3 is 0 Å². The molecule has 1 aromatic carbocycles. The maximum atomic E-state index is 5.99. The molecule has 0 bridgehead atoms. The second kappa shape index (κ2) is 6.90. The molecule has 0 saturated carbocycles. The molecule has 0 spiro atoms. The number of rotatable bonds is 5. The molecule has 0 amide bonds. The number of unbranched alkanes of at least 4 members (excludes halogenated alkanes) is 1. The van der Waals surface area contributed by atoms with E-state index in [4.69, 9.17) is 11.6 Å². The van der Waals surface area contributed by atoms with Crippen molar-refractivity contribution in [3.8, 4) is 0 Å². The van der Waals surface area contributed by atoms with Crippen molar-refractivity contribution in [2.24, 2.45) is 0 Å². The zero-order valence-electron chi connectivity index (χ0n) is 9.78. The van der Waals surface area contributed by atoms with E-state index in [9.17, 15) is 0 Å². The summed E-state index contributed by atoms with van der Waals surface area (Å²) in [7, 11) is 0. The summed E-state index contributed by atoms with van der Waals surface area (Å²) in [5, 5.41) is 0.827. The Morgan fingerprint density at radius 3 is 2.88 bits per heavy atom. The first-order valence-corrected chi connectivity index (χ1v) is 9.32. The van der Waals surface area contributed by atoms with E-state index >= 15 is 0 Å². The molecular weight excluding hydrogens is 363 g/mol. The first kappa shape index (κ1) is 13.6. The van der Waals surface area contributed by atoms with Crippen LogP contribution >= 0.6 is 23.4 Å². The maximum absolute atomic E-state index is 5.99. The number of benzene rings is 1. The fourth-order valence-corrected chi connectivity index (χ4v) is 6.66. The zero-order valence-corrected chi connectivity index (χ0v) is 13.7. The number of hydrogen-bond donors (Lipinski definition) is 0. The van der Waals surface area contributed by atoms with E-state index in [0.29, 0.717) is 0 Å². The topological polar surface area (TPSA) is 0 Å². The Kier molecular flexibility index (Phi) is 5.50. The summed E-state index contributed by atoms with van der Waals surface area (Å²) in [6.07, 6.45) is 3.93. The van der Waals surface area contributed by atoms with Crippen molar-refractivity contribution in [2.45, 2.75) is 34.0 Å². The molecule has 2 rings (SSSR count). The van der Waals surface area contributed by atoms with Crippen molar-refractivity contribution in [1.82, 2.24) is 0 Å². The monoisotopic (exact) mass is 380 g/mol. The van der Waals surface area contributed by atoms with Crippen molar-refractivity contribution in [2.75, 3.05) is 0 Å². The van der Waals surface area contributed by atoms with Gasteiger partial charge in [-0.15, -0.1) is 0 Å². The number of hydrogen-bond acceptors (Lipinski definition) is 1. The van der Waals surface area contributed by atoms with Gasteiger partial charge in [0.25, 0.3) is 0 Å². The Hall–Kier alpha value is 0.130. The van der Waals surface area contributed by atoms with E-state index in [1.165, 1.54) is 24.2 Å². The molecule has 0 unspecified atom stereocenters. The van der Waals surface area contributed by atoms with Crippen molar-refractivity contribution in [3.63, 3.8) is 0 Å². The van der Waals surface area contributed by atoms with Gasteiger partial charge in [-0.3, -0.25) is 0 Å². The molecule has 0 nitrogen and oxygen atoms in total. The minimum atomic E-state index is -0.0809. The van der Waals surface area contributed by atoms with E-state index in [1.54, 1.807) is 6.49 Å². The average molecular weight is 378 g/mol. The Labute approximate surface area is 122 Å². The molecule has 3 heteroatoms. The van der Waals surface area contributed by atoms with E-state index < -0.39 is 0 Å². The van der Waals surface area contributed by atoms with Crippen LogP contribution in [0.2, 0.25) is 5.02 Å². The van der Waals surface area contributed by atoms with Crippen LogP contribution in [0.5, 0.6) is 0 Å². The SMILES string of the molecule is CCCCc1ccc(Sc2cccc(Cl)c2)[te]1. The van der Waals surface area contributed by atoms with Gasteiger partial charge in [-0.05, 0) is 0 Å². The number of halogens is 1. The molecule has 17 heavy (non-hydrogen) atoms. The number of aryl methyl sites for hydroxylation is 1. The van der Waals surface area contributed by atoms with Gasteiger partial charge in [0.1, 0.15) is 0 Å². The van der Waals surface area contributed by atoms with E-state index in [-0.39, 0.29) is 20.4 Å². The molecule has 0 aliphatic heterocycles. The molecular formula is C14H15ClSTe. The van der Waals surface area contributed by atoms with E-state index in [2.05, 4.69) is 25.1 Å². The molecule has 0 aliphatic rings. The Morgan fingerprint density at radius 2 is 2.12 bits per heavy atom. The molecule has 2 aromatic rings. The van der Waals surface area contributed by atoms with Crippen molar-refractivity contribution in [3.05, 3.63) is 45.0 Å². The normalized spacial score (nSPS) is 10.7. The zero-order chi connectivity index (χ0) is 12.1. The second-order valence-corrected chi connectivity index (χ2v) is 9.58. The van der Waals surface area contributed by atoms with E-state index in [0.717, 1.165) is 5.02 Å². The van der Waals surface area contributed by atoms with Gasteiger partial charge in [-0.1, -0.05) is 0 Å². The molecule has 90 valence electrons. The van der Waals surface area contributed by atoms with Crippen LogP contribution in [0.15, 0.2) is 44.2 Å². The second-order valence-electron chi connectivity index (χ2n) is 3.88. The Morgan fingerprint density at radius 1 is 1.24 bits per heavy atom. The van der Waals surface area contributed by atoms with Crippen molar-refractivity contribution < 1.29 is 0 Å². The van der Waals surface area contributed by atoms with Gasteiger partial charge in [0, 0.05) is 0 Å². The van der Waals surface area contributed by atoms with Gasteiger partial charge in [0.15, 0.2) is 0 Å². The minimum absolute atomic E-state index is 0.0809. The Bertz CT molecular complexity index is 479. The molecule has 0 radical (unpaired) electrons. The van der Waals surface area contributed by atoms with Crippen LogP contribution in [0, 0.1) is 0 Å². The van der Waals surface area contributed by atoms with Crippen molar-refractivity contribution in [1.29, 1.82) is 0 Å². The molecule has 0 saturated heterocycles. The van der Waals surface area contributed by atoms with Crippen LogP contribution in [0.1, 0.15) is 23.3 Å². The molecule has 0 atom stereocenters. The van der Waals surface area contributed by atoms with Gasteiger partial charge in [-0.25, -0.2) is 0 Å². The van der Waals surface area contributed by atoms with Crippen LogP contribution in [0.4, 0.5) is 0 Å². The van der Waals surface area contributed by atoms with E-state index in [1.807, 2.05) is 30.0 Å². The van der Waals surface area contributed by atoms with Crippen LogP contribution in [0.25, 0.3) is 0 Å². The first-order valence-electron chi connectivity index (χ1n) is 5.80.